The smallest absolute Gasteiger partial charge is 0.0952 e. The largest absolute Gasteiger partial charge is 0.383 e. The van der Waals surface area contributed by atoms with Crippen LogP contribution in [-0.4, -0.2) is 43.0 Å². The zero-order chi connectivity index (χ0) is 11.2. The summed E-state index contributed by atoms with van der Waals surface area (Å²) in [4.78, 5) is 4.20. The highest BCUT2D eigenvalue weighted by Crippen LogP contribution is 2.20. The lowest BCUT2D eigenvalue weighted by Crippen LogP contribution is -2.21. The van der Waals surface area contributed by atoms with Crippen molar-refractivity contribution in [2.45, 2.75) is 19.0 Å². The van der Waals surface area contributed by atoms with Crippen LogP contribution in [0.25, 0.3) is 0 Å². The summed E-state index contributed by atoms with van der Waals surface area (Å²) in [6.45, 7) is 4.10. The molecule has 0 saturated carbocycles. The molecule has 5 nitrogen and oxygen atoms in total. The van der Waals surface area contributed by atoms with Gasteiger partial charge in [0.15, 0.2) is 0 Å². The van der Waals surface area contributed by atoms with Gasteiger partial charge in [-0.05, 0) is 6.42 Å². The number of methoxy groups -OCH3 is 1. The molecule has 0 bridgehead atoms. The molecule has 0 aromatic carbocycles. The van der Waals surface area contributed by atoms with Crippen molar-refractivity contribution in [1.29, 1.82) is 0 Å². The molecule has 1 aromatic rings. The molecule has 0 aliphatic carbocycles. The fourth-order valence-corrected chi connectivity index (χ4v) is 1.93. The van der Waals surface area contributed by atoms with Crippen LogP contribution < -0.4 is 5.32 Å². The van der Waals surface area contributed by atoms with E-state index < -0.39 is 0 Å². The summed E-state index contributed by atoms with van der Waals surface area (Å²) < 4.78 is 12.6. The molecule has 1 unspecified atom stereocenters. The van der Waals surface area contributed by atoms with Gasteiger partial charge >= 0.3 is 0 Å². The lowest BCUT2D eigenvalue weighted by atomic mass is 10.2. The predicted molar refractivity (Wildman–Crippen MR) is 60.3 cm³/mol. The van der Waals surface area contributed by atoms with Gasteiger partial charge in [-0.2, -0.15) is 0 Å². The minimum atomic E-state index is 0.460. The van der Waals surface area contributed by atoms with Crippen LogP contribution in [0.4, 0.5) is 0 Å². The number of nitrogens with one attached hydrogen (secondary N) is 1. The number of nitrogens with zero attached hydrogens (tertiary/aromatic N) is 2. The van der Waals surface area contributed by atoms with Gasteiger partial charge in [-0.25, -0.2) is 4.98 Å². The maximum atomic E-state index is 5.39. The molecular formula is C11H19N3O2. The summed E-state index contributed by atoms with van der Waals surface area (Å²) in [5.74, 6) is 0. The van der Waals surface area contributed by atoms with Crippen LogP contribution in [-0.2, 0) is 16.0 Å². The second-order valence-corrected chi connectivity index (χ2v) is 3.98. The summed E-state index contributed by atoms with van der Waals surface area (Å²) in [5.41, 5.74) is 1.21. The Bertz CT molecular complexity index is 308. The van der Waals surface area contributed by atoms with Crippen molar-refractivity contribution in [2.24, 2.45) is 0 Å². The Labute approximate surface area is 95.8 Å². The number of hydrogen-bond acceptors (Lipinski definition) is 4. The highest BCUT2D eigenvalue weighted by Gasteiger charge is 2.19. The van der Waals surface area contributed by atoms with Gasteiger partial charge in [0.1, 0.15) is 0 Å². The third-order valence-electron chi connectivity index (χ3n) is 2.83. The Morgan fingerprint density at radius 2 is 2.62 bits per heavy atom. The molecule has 1 aliphatic rings. The molecule has 0 amide bonds. The van der Waals surface area contributed by atoms with Crippen molar-refractivity contribution in [1.82, 2.24) is 14.9 Å². The van der Waals surface area contributed by atoms with Gasteiger partial charge in [-0.3, -0.25) is 0 Å². The number of hydrogen-bond donors (Lipinski definition) is 1. The molecule has 1 aliphatic heterocycles. The summed E-state index contributed by atoms with van der Waals surface area (Å²) in [6.07, 6.45) is 4.90. The third-order valence-corrected chi connectivity index (χ3v) is 2.83. The predicted octanol–water partition coefficient (Wildman–Crippen LogP) is 0.580. The molecule has 1 atom stereocenters. The Hall–Kier alpha value is -0.910. The van der Waals surface area contributed by atoms with Crippen molar-refractivity contribution in [2.75, 3.05) is 33.5 Å². The quantitative estimate of drug-likeness (QED) is 0.719. The van der Waals surface area contributed by atoms with Crippen LogP contribution in [0.1, 0.15) is 18.2 Å². The van der Waals surface area contributed by atoms with E-state index in [0.717, 1.165) is 39.3 Å². The third kappa shape index (κ3) is 2.81. The summed E-state index contributed by atoms with van der Waals surface area (Å²) in [7, 11) is 1.71. The summed E-state index contributed by atoms with van der Waals surface area (Å²) >= 11 is 0. The first-order valence-corrected chi connectivity index (χ1v) is 5.70. The Morgan fingerprint density at radius 3 is 3.38 bits per heavy atom. The van der Waals surface area contributed by atoms with Gasteiger partial charge in [0.2, 0.25) is 0 Å². The second kappa shape index (κ2) is 5.98. The van der Waals surface area contributed by atoms with Crippen molar-refractivity contribution >= 4 is 0 Å². The van der Waals surface area contributed by atoms with Crippen LogP contribution in [0.3, 0.4) is 0 Å². The van der Waals surface area contributed by atoms with Gasteiger partial charge in [-0.1, -0.05) is 0 Å². The van der Waals surface area contributed by atoms with E-state index in [1.165, 1.54) is 5.69 Å². The lowest BCUT2D eigenvalue weighted by molar-refractivity contribution is 0.185. The number of aromatic nitrogens is 2. The average Bonchev–Trinajstić information content (AvgIpc) is 2.94. The van der Waals surface area contributed by atoms with E-state index in [1.54, 1.807) is 7.11 Å². The minimum absolute atomic E-state index is 0.460. The first kappa shape index (κ1) is 11.6. The van der Waals surface area contributed by atoms with E-state index in [9.17, 15) is 0 Å². The maximum absolute atomic E-state index is 5.39. The second-order valence-electron chi connectivity index (χ2n) is 3.98. The molecule has 1 N–H and O–H groups in total. The van der Waals surface area contributed by atoms with Crippen molar-refractivity contribution in [3.05, 3.63) is 18.2 Å². The minimum Gasteiger partial charge on any atom is -0.383 e. The van der Waals surface area contributed by atoms with Gasteiger partial charge in [0.05, 0.1) is 31.3 Å². The Balaban J connectivity index is 1.86. The highest BCUT2D eigenvalue weighted by molar-refractivity contribution is 5.00. The molecule has 16 heavy (non-hydrogen) atoms. The fraction of sp³-hybridized carbons (Fsp3) is 0.727. The molecule has 0 spiro atoms. The van der Waals surface area contributed by atoms with Crippen LogP contribution in [0.5, 0.6) is 0 Å². The van der Waals surface area contributed by atoms with Gasteiger partial charge < -0.3 is 19.4 Å². The monoisotopic (exact) mass is 225 g/mol. The number of rotatable bonds is 6. The number of ether oxygens (including phenoxy) is 2. The SMILES string of the molecule is COCCNCc1cncn1C1CCOC1. The molecular weight excluding hydrogens is 206 g/mol. The molecule has 1 fully saturated rings. The first-order chi connectivity index (χ1) is 7.92. The van der Waals surface area contributed by atoms with Crippen LogP contribution in [0.15, 0.2) is 12.5 Å². The van der Waals surface area contributed by atoms with E-state index >= 15 is 0 Å². The molecule has 1 saturated heterocycles. The van der Waals surface area contributed by atoms with Gasteiger partial charge in [0, 0.05) is 33.0 Å². The van der Waals surface area contributed by atoms with E-state index in [-0.39, 0.29) is 0 Å². The molecule has 90 valence electrons. The average molecular weight is 225 g/mol. The lowest BCUT2D eigenvalue weighted by Gasteiger charge is -2.14. The standard InChI is InChI=1S/C11H19N3O2/c1-15-5-3-12-6-11-7-13-9-14(11)10-2-4-16-8-10/h7,9-10,12H,2-6,8H2,1H3. The van der Waals surface area contributed by atoms with E-state index in [1.807, 2.05) is 12.5 Å². The number of imidazole rings is 1. The zero-order valence-corrected chi connectivity index (χ0v) is 9.69. The van der Waals surface area contributed by atoms with Crippen LogP contribution in [0, 0.1) is 0 Å². The first-order valence-electron chi connectivity index (χ1n) is 5.70. The fourth-order valence-electron chi connectivity index (χ4n) is 1.93. The van der Waals surface area contributed by atoms with Crippen molar-refractivity contribution in [3.8, 4) is 0 Å². The zero-order valence-electron chi connectivity index (χ0n) is 9.69. The highest BCUT2D eigenvalue weighted by atomic mass is 16.5. The van der Waals surface area contributed by atoms with Crippen LogP contribution >= 0.6 is 0 Å². The molecule has 2 heterocycles. The van der Waals surface area contributed by atoms with E-state index in [2.05, 4.69) is 14.9 Å². The Kier molecular flexibility index (Phi) is 4.33. The van der Waals surface area contributed by atoms with Gasteiger partial charge in [-0.15, -0.1) is 0 Å². The van der Waals surface area contributed by atoms with E-state index in [4.69, 9.17) is 9.47 Å². The molecule has 1 aromatic heterocycles. The summed E-state index contributed by atoms with van der Waals surface area (Å²) in [5, 5.41) is 3.33. The molecule has 2 rings (SSSR count). The molecule has 5 heteroatoms. The van der Waals surface area contributed by atoms with Crippen molar-refractivity contribution < 1.29 is 9.47 Å². The van der Waals surface area contributed by atoms with Crippen molar-refractivity contribution in [3.63, 3.8) is 0 Å². The normalized spacial score (nSPS) is 20.4. The Morgan fingerprint density at radius 1 is 1.69 bits per heavy atom. The molecule has 0 radical (unpaired) electrons. The van der Waals surface area contributed by atoms with Crippen LogP contribution in [0.2, 0.25) is 0 Å². The maximum Gasteiger partial charge on any atom is 0.0952 e. The topological polar surface area (TPSA) is 48.3 Å². The summed E-state index contributed by atoms with van der Waals surface area (Å²) in [6, 6.07) is 0.460. The van der Waals surface area contributed by atoms with E-state index in [0.29, 0.717) is 6.04 Å². The van der Waals surface area contributed by atoms with Gasteiger partial charge in [0.25, 0.3) is 0 Å².